The van der Waals surface area contributed by atoms with Crippen molar-refractivity contribution in [3.63, 3.8) is 0 Å². The Morgan fingerprint density at radius 1 is 1.67 bits per heavy atom. The fraction of sp³-hybridized carbons (Fsp3) is 0.778. The minimum Gasteiger partial charge on any atom is -0.382 e. The number of alkyl halides is 2. The van der Waals surface area contributed by atoms with Crippen LogP contribution >= 0.6 is 0 Å². The molecule has 1 unspecified atom stereocenters. The smallest absolute Gasteiger partial charge is 0.324 e. The van der Waals surface area contributed by atoms with E-state index in [0.717, 1.165) is 12.0 Å². The summed E-state index contributed by atoms with van der Waals surface area (Å²) in [5.74, 6) is -3.67. The zero-order valence-electron chi connectivity index (χ0n) is 9.52. The van der Waals surface area contributed by atoms with Crippen LogP contribution in [0.2, 0.25) is 0 Å². The third-order valence-electron chi connectivity index (χ3n) is 2.88. The fourth-order valence-electron chi connectivity index (χ4n) is 1.91. The maximum atomic E-state index is 13.8. The van der Waals surface area contributed by atoms with Gasteiger partial charge in [-0.15, -0.1) is 0 Å². The minimum atomic E-state index is -3.63. The van der Waals surface area contributed by atoms with Crippen LogP contribution in [-0.4, -0.2) is 60.1 Å². The molecular formula is C9H13F2N3O4. The molecule has 2 saturated heterocycles. The lowest BCUT2D eigenvalue weighted by atomic mass is 10.1. The number of urea groups is 1. The van der Waals surface area contributed by atoms with Gasteiger partial charge in [-0.05, 0) is 0 Å². The van der Waals surface area contributed by atoms with Crippen molar-refractivity contribution in [2.24, 2.45) is 0 Å². The topological polar surface area (TPSA) is 94.9 Å². The first-order valence-electron chi connectivity index (χ1n) is 5.27. The van der Waals surface area contributed by atoms with E-state index in [9.17, 15) is 18.7 Å². The first kappa shape index (κ1) is 13.1. The van der Waals surface area contributed by atoms with Crippen LogP contribution in [0.25, 0.3) is 0 Å². The molecule has 18 heavy (non-hydrogen) atoms. The van der Waals surface area contributed by atoms with Gasteiger partial charge in [-0.25, -0.2) is 4.79 Å². The number of amides is 2. The number of carbonyl (C=O) groups excluding carboxylic acids is 1. The molecule has 3 atom stereocenters. The molecule has 0 aromatic rings. The average Bonchev–Trinajstić information content (AvgIpc) is 2.52. The van der Waals surface area contributed by atoms with Crippen LogP contribution < -0.4 is 5.32 Å². The van der Waals surface area contributed by atoms with Crippen LogP contribution in [-0.2, 0) is 9.47 Å². The van der Waals surface area contributed by atoms with E-state index in [2.05, 4.69) is 10.1 Å². The van der Waals surface area contributed by atoms with E-state index in [1.165, 1.54) is 0 Å². The van der Waals surface area contributed by atoms with Gasteiger partial charge < -0.3 is 14.6 Å². The van der Waals surface area contributed by atoms with Crippen LogP contribution in [0.5, 0.6) is 0 Å². The Balaban J connectivity index is 2.18. The zero-order valence-corrected chi connectivity index (χ0v) is 9.52. The molecule has 0 spiro atoms. The van der Waals surface area contributed by atoms with Gasteiger partial charge in [0.2, 0.25) is 6.23 Å². The van der Waals surface area contributed by atoms with Gasteiger partial charge in [0.15, 0.2) is 12.4 Å². The molecule has 2 amide bonds. The third kappa shape index (κ3) is 1.93. The Hall–Kier alpha value is -1.32. The molecule has 0 radical (unpaired) electrons. The van der Waals surface area contributed by atoms with Crippen LogP contribution in [0, 0.1) is 5.41 Å². The van der Waals surface area contributed by atoms with E-state index in [1.807, 2.05) is 0 Å². The molecule has 0 saturated carbocycles. The highest BCUT2D eigenvalue weighted by Crippen LogP contribution is 2.38. The fourth-order valence-corrected chi connectivity index (χ4v) is 1.91. The molecular weight excluding hydrogens is 252 g/mol. The standard InChI is InChI=1S/C9H13F2N3O4/c1-17-6-5(15)9(10,11)7(18-6)14-3-2-4(12)13-8(14)16/h5-7,15H,2-3H2,1H3,(H2,12,13,16)/t5?,6-,7+/m0/s1. The van der Waals surface area contributed by atoms with E-state index in [-0.39, 0.29) is 18.8 Å². The highest BCUT2D eigenvalue weighted by atomic mass is 19.3. The molecule has 102 valence electrons. The van der Waals surface area contributed by atoms with Crippen LogP contribution in [0.15, 0.2) is 0 Å². The summed E-state index contributed by atoms with van der Waals surface area (Å²) in [4.78, 5) is 12.3. The predicted molar refractivity (Wildman–Crippen MR) is 54.2 cm³/mol. The molecule has 2 aliphatic rings. The number of ether oxygens (including phenoxy) is 2. The van der Waals surface area contributed by atoms with Gasteiger partial charge in [0.05, 0.1) is 0 Å². The van der Waals surface area contributed by atoms with Gasteiger partial charge in [-0.2, -0.15) is 8.78 Å². The number of rotatable bonds is 2. The van der Waals surface area contributed by atoms with Crippen molar-refractivity contribution in [1.29, 1.82) is 5.41 Å². The lowest BCUT2D eigenvalue weighted by Gasteiger charge is -2.34. The number of methoxy groups -OCH3 is 1. The Kier molecular flexibility index (Phi) is 3.21. The minimum absolute atomic E-state index is 0.0404. The highest BCUT2D eigenvalue weighted by Gasteiger charge is 2.62. The van der Waals surface area contributed by atoms with E-state index < -0.39 is 30.6 Å². The second-order valence-electron chi connectivity index (χ2n) is 4.06. The van der Waals surface area contributed by atoms with E-state index >= 15 is 0 Å². The molecule has 0 aromatic heterocycles. The summed E-state index contributed by atoms with van der Waals surface area (Å²) in [5, 5.41) is 18.7. The molecule has 2 fully saturated rings. The SMILES string of the molecule is CO[C@H]1O[C@@H](N2CCC(=N)NC2=O)C(F)(F)C1O. The first-order valence-corrected chi connectivity index (χ1v) is 5.27. The van der Waals surface area contributed by atoms with Crippen LogP contribution in [0.4, 0.5) is 13.6 Å². The monoisotopic (exact) mass is 265 g/mol. The normalized spacial score (nSPS) is 35.8. The number of hydrogen-bond acceptors (Lipinski definition) is 5. The number of amidine groups is 1. The summed E-state index contributed by atoms with van der Waals surface area (Å²) in [6, 6.07) is -0.847. The molecule has 2 aliphatic heterocycles. The van der Waals surface area contributed by atoms with Gasteiger partial charge in [0.1, 0.15) is 5.84 Å². The summed E-state index contributed by atoms with van der Waals surface area (Å²) in [6.07, 6.45) is -5.40. The largest absolute Gasteiger partial charge is 0.382 e. The second-order valence-corrected chi connectivity index (χ2v) is 4.06. The predicted octanol–water partition coefficient (Wildman–Crippen LogP) is -0.296. The number of carbonyl (C=O) groups is 1. The molecule has 0 aliphatic carbocycles. The van der Waals surface area contributed by atoms with E-state index in [4.69, 9.17) is 10.1 Å². The summed E-state index contributed by atoms with van der Waals surface area (Å²) in [6.45, 7) is -0.0753. The summed E-state index contributed by atoms with van der Waals surface area (Å²) in [5.41, 5.74) is 0. The number of nitrogens with one attached hydrogen (secondary N) is 2. The lowest BCUT2D eigenvalue weighted by molar-refractivity contribution is -0.173. The molecule has 9 heteroatoms. The Labute approximate surface area is 101 Å². The van der Waals surface area contributed by atoms with Crippen LogP contribution in [0.1, 0.15) is 6.42 Å². The van der Waals surface area contributed by atoms with Crippen molar-refractivity contribution in [2.45, 2.75) is 31.0 Å². The van der Waals surface area contributed by atoms with Crippen molar-refractivity contribution >= 4 is 11.9 Å². The molecule has 2 rings (SSSR count). The second kappa shape index (κ2) is 4.41. The van der Waals surface area contributed by atoms with Gasteiger partial charge in [0.25, 0.3) is 0 Å². The number of hydrogen-bond donors (Lipinski definition) is 3. The number of aliphatic hydroxyl groups excluding tert-OH is 1. The van der Waals surface area contributed by atoms with Crippen molar-refractivity contribution in [3.8, 4) is 0 Å². The summed E-state index contributed by atoms with van der Waals surface area (Å²) in [7, 11) is 1.12. The molecule has 0 aromatic carbocycles. The van der Waals surface area contributed by atoms with Crippen molar-refractivity contribution in [3.05, 3.63) is 0 Å². The maximum Gasteiger partial charge on any atom is 0.324 e. The Morgan fingerprint density at radius 3 is 2.83 bits per heavy atom. The highest BCUT2D eigenvalue weighted by molar-refractivity contribution is 5.98. The average molecular weight is 265 g/mol. The van der Waals surface area contributed by atoms with Crippen molar-refractivity contribution in [2.75, 3.05) is 13.7 Å². The van der Waals surface area contributed by atoms with Crippen molar-refractivity contribution in [1.82, 2.24) is 10.2 Å². The van der Waals surface area contributed by atoms with E-state index in [0.29, 0.717) is 0 Å². The molecule has 2 heterocycles. The lowest BCUT2D eigenvalue weighted by Crippen LogP contribution is -2.58. The summed E-state index contributed by atoms with van der Waals surface area (Å²) < 4.78 is 37.0. The summed E-state index contributed by atoms with van der Waals surface area (Å²) >= 11 is 0. The van der Waals surface area contributed by atoms with Gasteiger partial charge in [0, 0.05) is 20.1 Å². The van der Waals surface area contributed by atoms with Crippen LogP contribution in [0.3, 0.4) is 0 Å². The number of nitrogens with zero attached hydrogens (tertiary/aromatic N) is 1. The van der Waals surface area contributed by atoms with E-state index in [1.54, 1.807) is 0 Å². The van der Waals surface area contributed by atoms with Gasteiger partial charge in [-0.1, -0.05) is 0 Å². The third-order valence-corrected chi connectivity index (χ3v) is 2.88. The van der Waals surface area contributed by atoms with Gasteiger partial charge in [-0.3, -0.25) is 15.6 Å². The number of halogens is 2. The zero-order chi connectivity index (χ0) is 13.5. The Morgan fingerprint density at radius 2 is 2.33 bits per heavy atom. The Bertz CT molecular complexity index is 379. The quantitative estimate of drug-likeness (QED) is 0.639. The first-order chi connectivity index (χ1) is 8.37. The number of aliphatic hydroxyl groups is 1. The molecule has 0 bridgehead atoms. The van der Waals surface area contributed by atoms with Gasteiger partial charge >= 0.3 is 12.0 Å². The van der Waals surface area contributed by atoms with Crippen molar-refractivity contribution < 1.29 is 28.2 Å². The molecule has 7 nitrogen and oxygen atoms in total. The molecule has 3 N–H and O–H groups in total. The maximum absolute atomic E-state index is 13.8.